The summed E-state index contributed by atoms with van der Waals surface area (Å²) in [6, 6.07) is 21.6. The molecule has 0 unspecified atom stereocenters. The van der Waals surface area contributed by atoms with Gasteiger partial charge in [-0.15, -0.1) is 11.3 Å². The molecule has 0 aliphatic carbocycles. The molecule has 2 heterocycles. The van der Waals surface area contributed by atoms with E-state index in [-0.39, 0.29) is 0 Å². The van der Waals surface area contributed by atoms with Gasteiger partial charge in [-0.3, -0.25) is 0 Å². The Bertz CT molecular complexity index is 1390. The third-order valence-corrected chi connectivity index (χ3v) is 5.76. The van der Waals surface area contributed by atoms with Crippen molar-refractivity contribution in [2.45, 2.75) is 0 Å². The lowest BCUT2D eigenvalue weighted by atomic mass is 10.1. The van der Waals surface area contributed by atoms with Crippen LogP contribution < -0.4 is 10.9 Å². The Morgan fingerprint density at radius 1 is 0.964 bits per heavy atom. The van der Waals surface area contributed by atoms with E-state index in [2.05, 4.69) is 44.4 Å². The maximum absolute atomic E-state index is 12.4. The van der Waals surface area contributed by atoms with Crippen molar-refractivity contribution in [3.05, 3.63) is 87.0 Å². The summed E-state index contributed by atoms with van der Waals surface area (Å²) >= 11 is 4.90. The summed E-state index contributed by atoms with van der Waals surface area (Å²) in [5.41, 5.74) is 2.20. The lowest BCUT2D eigenvalue weighted by Crippen LogP contribution is -2.03. The normalized spacial score (nSPS) is 11.2. The fourth-order valence-corrected chi connectivity index (χ4v) is 4.28. The van der Waals surface area contributed by atoms with Gasteiger partial charge in [0.25, 0.3) is 0 Å². The molecule has 0 radical (unpaired) electrons. The molecule has 2 aromatic heterocycles. The van der Waals surface area contributed by atoms with Crippen molar-refractivity contribution in [1.29, 1.82) is 0 Å². The predicted molar refractivity (Wildman–Crippen MR) is 119 cm³/mol. The second kappa shape index (κ2) is 6.89. The molecule has 136 valence electrons. The van der Waals surface area contributed by atoms with Crippen molar-refractivity contribution in [3.8, 4) is 11.3 Å². The van der Waals surface area contributed by atoms with Crippen LogP contribution in [0, 0.1) is 0 Å². The molecule has 0 saturated carbocycles. The highest BCUT2D eigenvalue weighted by Crippen LogP contribution is 2.31. The first-order valence-electron chi connectivity index (χ1n) is 8.61. The summed E-state index contributed by atoms with van der Waals surface area (Å²) in [5, 5.41) is 9.08. The second-order valence-electron chi connectivity index (χ2n) is 6.32. The molecule has 0 bridgehead atoms. The van der Waals surface area contributed by atoms with Crippen molar-refractivity contribution in [3.63, 3.8) is 0 Å². The minimum absolute atomic E-state index is 0.392. The van der Waals surface area contributed by atoms with E-state index in [4.69, 9.17) is 4.42 Å². The number of nitrogens with zero attached hydrogens (tertiary/aromatic N) is 1. The Balaban J connectivity index is 1.53. The minimum Gasteiger partial charge on any atom is -0.422 e. The molecule has 5 rings (SSSR count). The summed E-state index contributed by atoms with van der Waals surface area (Å²) in [6.45, 7) is 0. The predicted octanol–water partition coefficient (Wildman–Crippen LogP) is 6.58. The van der Waals surface area contributed by atoms with Crippen LogP contribution in [0.5, 0.6) is 0 Å². The summed E-state index contributed by atoms with van der Waals surface area (Å²) in [7, 11) is 0. The Morgan fingerprint density at radius 3 is 2.75 bits per heavy atom. The fourth-order valence-electron chi connectivity index (χ4n) is 3.18. The molecule has 0 fully saturated rings. The highest BCUT2D eigenvalue weighted by molar-refractivity contribution is 9.10. The quantitative estimate of drug-likeness (QED) is 0.316. The average Bonchev–Trinajstić information content (AvgIpc) is 3.16. The van der Waals surface area contributed by atoms with Crippen LogP contribution in [0.15, 0.2) is 85.8 Å². The van der Waals surface area contributed by atoms with E-state index in [0.29, 0.717) is 16.8 Å². The first kappa shape index (κ1) is 17.2. The van der Waals surface area contributed by atoms with Crippen LogP contribution in [0.2, 0.25) is 0 Å². The number of rotatable bonds is 3. The van der Waals surface area contributed by atoms with Gasteiger partial charge < -0.3 is 9.73 Å². The molecule has 28 heavy (non-hydrogen) atoms. The number of aromatic nitrogens is 1. The number of halogens is 1. The Morgan fingerprint density at radius 2 is 1.82 bits per heavy atom. The highest BCUT2D eigenvalue weighted by atomic mass is 79.9. The first-order chi connectivity index (χ1) is 13.7. The van der Waals surface area contributed by atoms with Crippen molar-refractivity contribution >= 4 is 59.8 Å². The molecule has 4 nitrogen and oxygen atoms in total. The standard InChI is InChI=1S/C22H13BrN2O2S/c23-15-8-9-20-14(10-15)11-17(21(26)27-20)19-12-28-22(25-19)24-18-7-3-5-13-4-1-2-6-16(13)18/h1-12H,(H,24,25). The Labute approximate surface area is 172 Å². The first-order valence-corrected chi connectivity index (χ1v) is 10.3. The van der Waals surface area contributed by atoms with Crippen molar-refractivity contribution in [1.82, 2.24) is 4.98 Å². The van der Waals surface area contributed by atoms with Crippen LogP contribution in [0.4, 0.5) is 10.8 Å². The van der Waals surface area contributed by atoms with Gasteiger partial charge in [0.05, 0.1) is 11.3 Å². The van der Waals surface area contributed by atoms with E-state index in [1.807, 2.05) is 47.8 Å². The number of fused-ring (bicyclic) bond motifs is 2. The van der Waals surface area contributed by atoms with Gasteiger partial charge in [0, 0.05) is 26.3 Å². The molecule has 0 aliphatic rings. The van der Waals surface area contributed by atoms with Crippen molar-refractivity contribution in [2.24, 2.45) is 0 Å². The van der Waals surface area contributed by atoms with Crippen molar-refractivity contribution < 1.29 is 4.42 Å². The summed E-state index contributed by atoms with van der Waals surface area (Å²) in [4.78, 5) is 17.0. The van der Waals surface area contributed by atoms with Crippen LogP contribution in [0.3, 0.4) is 0 Å². The second-order valence-corrected chi connectivity index (χ2v) is 8.09. The smallest absolute Gasteiger partial charge is 0.345 e. The van der Waals surface area contributed by atoms with E-state index >= 15 is 0 Å². The highest BCUT2D eigenvalue weighted by Gasteiger charge is 2.12. The summed E-state index contributed by atoms with van der Waals surface area (Å²) in [6.07, 6.45) is 0. The minimum atomic E-state index is -0.392. The monoisotopic (exact) mass is 448 g/mol. The van der Waals surface area contributed by atoms with E-state index in [9.17, 15) is 4.79 Å². The largest absolute Gasteiger partial charge is 0.422 e. The summed E-state index contributed by atoms with van der Waals surface area (Å²) in [5.74, 6) is 0. The topological polar surface area (TPSA) is 55.1 Å². The molecular weight excluding hydrogens is 436 g/mol. The van der Waals surface area contributed by atoms with Gasteiger partial charge in [-0.1, -0.05) is 52.3 Å². The van der Waals surface area contributed by atoms with Gasteiger partial charge in [-0.2, -0.15) is 0 Å². The van der Waals surface area contributed by atoms with Crippen molar-refractivity contribution in [2.75, 3.05) is 5.32 Å². The average molecular weight is 449 g/mol. The molecule has 0 aliphatic heterocycles. The molecule has 0 saturated heterocycles. The Hall–Kier alpha value is -2.96. The van der Waals surface area contributed by atoms with Gasteiger partial charge in [-0.05, 0) is 35.7 Å². The zero-order valence-electron chi connectivity index (χ0n) is 14.5. The van der Waals surface area contributed by atoms with Crippen LogP contribution in [0.1, 0.15) is 0 Å². The molecule has 0 atom stereocenters. The lowest BCUT2D eigenvalue weighted by molar-refractivity contribution is 0.563. The molecular formula is C22H13BrN2O2S. The molecule has 6 heteroatoms. The van der Waals surface area contributed by atoms with Crippen LogP contribution in [-0.4, -0.2) is 4.98 Å². The number of nitrogens with one attached hydrogen (secondary N) is 1. The molecule has 5 aromatic rings. The maximum atomic E-state index is 12.4. The van der Waals surface area contributed by atoms with Crippen LogP contribution in [0.25, 0.3) is 33.0 Å². The Kier molecular flexibility index (Phi) is 4.22. The lowest BCUT2D eigenvalue weighted by Gasteiger charge is -2.07. The molecule has 0 spiro atoms. The van der Waals surface area contributed by atoms with Gasteiger partial charge >= 0.3 is 5.63 Å². The van der Waals surface area contributed by atoms with E-state index < -0.39 is 5.63 Å². The number of hydrogen-bond donors (Lipinski definition) is 1. The number of benzene rings is 3. The molecule has 0 amide bonds. The number of anilines is 2. The zero-order valence-corrected chi connectivity index (χ0v) is 16.9. The fraction of sp³-hybridized carbons (Fsp3) is 0. The van der Waals surface area contributed by atoms with Gasteiger partial charge in [0.2, 0.25) is 0 Å². The van der Waals surface area contributed by atoms with Gasteiger partial charge in [-0.25, -0.2) is 9.78 Å². The zero-order chi connectivity index (χ0) is 19.1. The van der Waals surface area contributed by atoms with E-state index in [0.717, 1.165) is 31.5 Å². The number of thiazole rings is 1. The molecule has 1 N–H and O–H groups in total. The van der Waals surface area contributed by atoms with Gasteiger partial charge in [0.1, 0.15) is 5.58 Å². The van der Waals surface area contributed by atoms with Crippen LogP contribution in [-0.2, 0) is 0 Å². The van der Waals surface area contributed by atoms with E-state index in [1.54, 1.807) is 6.07 Å². The van der Waals surface area contributed by atoms with Crippen LogP contribution >= 0.6 is 27.3 Å². The third kappa shape index (κ3) is 3.10. The molecule has 3 aromatic carbocycles. The number of hydrogen-bond acceptors (Lipinski definition) is 5. The van der Waals surface area contributed by atoms with E-state index in [1.165, 1.54) is 11.3 Å². The SMILES string of the molecule is O=c1oc2ccc(Br)cc2cc1-c1csc(Nc2cccc3ccccc23)n1. The van der Waals surface area contributed by atoms with Gasteiger partial charge in [0.15, 0.2) is 5.13 Å². The maximum Gasteiger partial charge on any atom is 0.345 e. The third-order valence-electron chi connectivity index (χ3n) is 4.51. The summed E-state index contributed by atoms with van der Waals surface area (Å²) < 4.78 is 6.38.